The molecule has 0 saturated carbocycles. The van der Waals surface area contributed by atoms with Crippen molar-refractivity contribution in [2.45, 2.75) is 45.3 Å². The zero-order valence-corrected chi connectivity index (χ0v) is 12.9. The summed E-state index contributed by atoms with van der Waals surface area (Å²) in [6.45, 7) is 3.18. The first kappa shape index (κ1) is 18.7. The van der Waals surface area contributed by atoms with Gasteiger partial charge in [-0.2, -0.15) is 13.2 Å². The summed E-state index contributed by atoms with van der Waals surface area (Å²) in [6.07, 6.45) is -3.28. The van der Waals surface area contributed by atoms with E-state index >= 15 is 0 Å². The molecule has 1 amide bonds. The van der Waals surface area contributed by atoms with Gasteiger partial charge in [-0.25, -0.2) is 0 Å². The van der Waals surface area contributed by atoms with E-state index in [-0.39, 0.29) is 32.1 Å². The van der Waals surface area contributed by atoms with Crippen LogP contribution in [0.2, 0.25) is 0 Å². The van der Waals surface area contributed by atoms with Crippen molar-refractivity contribution < 1.29 is 27.9 Å². The van der Waals surface area contributed by atoms with Gasteiger partial charge in [-0.3, -0.25) is 14.5 Å². The largest absolute Gasteiger partial charge is 0.480 e. The Hall–Kier alpha value is -1.31. The van der Waals surface area contributed by atoms with Gasteiger partial charge < -0.3 is 10.0 Å². The molecule has 0 aliphatic carbocycles. The molecule has 1 saturated heterocycles. The maximum atomic E-state index is 12.8. The molecule has 2 atom stereocenters. The Morgan fingerprint density at radius 3 is 2.50 bits per heavy atom. The second-order valence-electron chi connectivity index (χ2n) is 5.78. The highest BCUT2D eigenvalue weighted by atomic mass is 19.4. The van der Waals surface area contributed by atoms with E-state index in [9.17, 15) is 22.8 Å². The number of carboxylic acid groups (broad SMARTS) is 1. The lowest BCUT2D eigenvalue weighted by Crippen LogP contribution is -2.50. The number of nitrogens with zero attached hydrogens (tertiary/aromatic N) is 2. The van der Waals surface area contributed by atoms with E-state index in [4.69, 9.17) is 5.11 Å². The van der Waals surface area contributed by atoms with Crippen molar-refractivity contribution in [3.8, 4) is 0 Å². The lowest BCUT2D eigenvalue weighted by molar-refractivity contribution is -0.188. The Morgan fingerprint density at radius 2 is 2.00 bits per heavy atom. The Kier molecular flexibility index (Phi) is 6.65. The molecule has 0 radical (unpaired) electrons. The average molecular weight is 324 g/mol. The van der Waals surface area contributed by atoms with Gasteiger partial charge in [0.15, 0.2) is 0 Å². The Balaban J connectivity index is 2.67. The molecule has 1 rings (SSSR count). The van der Waals surface area contributed by atoms with Gasteiger partial charge in [-0.05, 0) is 26.2 Å². The van der Waals surface area contributed by atoms with Gasteiger partial charge in [-0.15, -0.1) is 0 Å². The molecule has 128 valence electrons. The monoisotopic (exact) mass is 324 g/mol. The molecule has 1 fully saturated rings. The third-order valence-corrected chi connectivity index (χ3v) is 4.13. The Morgan fingerprint density at radius 1 is 1.36 bits per heavy atom. The van der Waals surface area contributed by atoms with Crippen molar-refractivity contribution in [2.75, 3.05) is 26.2 Å². The summed E-state index contributed by atoms with van der Waals surface area (Å²) in [5.74, 6) is -2.97. The quantitative estimate of drug-likeness (QED) is 0.811. The Labute approximate surface area is 128 Å². The number of amides is 1. The second kappa shape index (κ2) is 7.80. The summed E-state index contributed by atoms with van der Waals surface area (Å²) in [5.41, 5.74) is 0. The minimum atomic E-state index is -4.30. The minimum absolute atomic E-state index is 0.0392. The lowest BCUT2D eigenvalue weighted by atomic mass is 9.97. The van der Waals surface area contributed by atoms with Crippen LogP contribution in [0.3, 0.4) is 0 Å². The predicted molar refractivity (Wildman–Crippen MR) is 74.3 cm³/mol. The standard InChI is InChI=1S/C14H23F3N2O3/c1-3-10(2)19(9-13(21)22)8-12(20)18-6-4-5-11(7-18)14(15,16)17/h10-11H,3-9H2,1-2H3,(H,21,22)/t10-,11-/m1/s1. The number of alkyl halides is 3. The first-order valence-corrected chi connectivity index (χ1v) is 7.45. The molecule has 8 heteroatoms. The van der Waals surface area contributed by atoms with Crippen LogP contribution in [0.15, 0.2) is 0 Å². The summed E-state index contributed by atoms with van der Waals surface area (Å²) in [4.78, 5) is 25.8. The highest BCUT2D eigenvalue weighted by molar-refractivity contribution is 5.79. The number of hydrogen-bond acceptors (Lipinski definition) is 3. The predicted octanol–water partition coefficient (Wildman–Crippen LogP) is 1.97. The van der Waals surface area contributed by atoms with Crippen LogP contribution in [0.25, 0.3) is 0 Å². The molecule has 1 aliphatic heterocycles. The van der Waals surface area contributed by atoms with E-state index in [0.717, 1.165) is 0 Å². The number of likely N-dealkylation sites (tertiary alicyclic amines) is 1. The van der Waals surface area contributed by atoms with Crippen LogP contribution in [0.1, 0.15) is 33.1 Å². The molecule has 1 aliphatic rings. The third kappa shape index (κ3) is 5.47. The molecule has 1 N–H and O–H groups in total. The normalized spacial score (nSPS) is 21.0. The Bertz CT molecular complexity index is 401. The number of aliphatic carboxylic acids is 1. The zero-order chi connectivity index (χ0) is 16.9. The number of rotatable bonds is 6. The van der Waals surface area contributed by atoms with Crippen molar-refractivity contribution in [3.05, 3.63) is 0 Å². The fourth-order valence-corrected chi connectivity index (χ4v) is 2.54. The van der Waals surface area contributed by atoms with Crippen LogP contribution < -0.4 is 0 Å². The van der Waals surface area contributed by atoms with Crippen molar-refractivity contribution in [3.63, 3.8) is 0 Å². The molecule has 1 heterocycles. The maximum absolute atomic E-state index is 12.8. The van der Waals surface area contributed by atoms with Crippen molar-refractivity contribution in [1.82, 2.24) is 9.80 Å². The van der Waals surface area contributed by atoms with Gasteiger partial charge in [0.2, 0.25) is 5.91 Å². The van der Waals surface area contributed by atoms with E-state index in [1.807, 2.05) is 6.92 Å². The van der Waals surface area contributed by atoms with Crippen LogP contribution in [0, 0.1) is 5.92 Å². The fraction of sp³-hybridized carbons (Fsp3) is 0.857. The molecule has 0 spiro atoms. The molecule has 0 aromatic rings. The molecule has 0 unspecified atom stereocenters. The smallest absolute Gasteiger partial charge is 0.393 e. The number of carboxylic acids is 1. The van der Waals surface area contributed by atoms with E-state index in [2.05, 4.69) is 0 Å². The van der Waals surface area contributed by atoms with Crippen LogP contribution in [0.5, 0.6) is 0 Å². The number of piperidine rings is 1. The van der Waals surface area contributed by atoms with E-state index in [1.165, 1.54) is 9.80 Å². The maximum Gasteiger partial charge on any atom is 0.393 e. The van der Waals surface area contributed by atoms with Crippen molar-refractivity contribution in [2.24, 2.45) is 5.92 Å². The first-order chi connectivity index (χ1) is 10.1. The van der Waals surface area contributed by atoms with Gasteiger partial charge in [0, 0.05) is 19.1 Å². The van der Waals surface area contributed by atoms with Crippen molar-refractivity contribution >= 4 is 11.9 Å². The number of carbonyl (C=O) groups excluding carboxylic acids is 1. The molecule has 22 heavy (non-hydrogen) atoms. The van der Waals surface area contributed by atoms with Crippen molar-refractivity contribution in [1.29, 1.82) is 0 Å². The van der Waals surface area contributed by atoms with Gasteiger partial charge in [0.25, 0.3) is 0 Å². The molecule has 0 bridgehead atoms. The van der Waals surface area contributed by atoms with Gasteiger partial charge in [-0.1, -0.05) is 6.92 Å². The lowest BCUT2D eigenvalue weighted by Gasteiger charge is -2.35. The van der Waals surface area contributed by atoms with Gasteiger partial charge in [0.1, 0.15) is 0 Å². The molecular weight excluding hydrogens is 301 g/mol. The number of carbonyl (C=O) groups is 2. The van der Waals surface area contributed by atoms with E-state index in [1.54, 1.807) is 6.92 Å². The summed E-state index contributed by atoms with van der Waals surface area (Å²) < 4.78 is 38.3. The van der Waals surface area contributed by atoms with Crippen LogP contribution in [-0.4, -0.2) is 65.2 Å². The molecular formula is C14H23F3N2O3. The fourth-order valence-electron chi connectivity index (χ4n) is 2.54. The highest BCUT2D eigenvalue weighted by Crippen LogP contribution is 2.33. The summed E-state index contributed by atoms with van der Waals surface area (Å²) in [5, 5.41) is 8.88. The number of halogens is 3. The molecule has 0 aromatic heterocycles. The van der Waals surface area contributed by atoms with Crippen LogP contribution >= 0.6 is 0 Å². The summed E-state index contributed by atoms with van der Waals surface area (Å²) in [6, 6.07) is -0.122. The topological polar surface area (TPSA) is 60.9 Å². The van der Waals surface area contributed by atoms with E-state index in [0.29, 0.717) is 19.4 Å². The molecule has 5 nitrogen and oxygen atoms in total. The molecule has 0 aromatic carbocycles. The third-order valence-electron chi connectivity index (χ3n) is 4.13. The number of hydrogen-bond donors (Lipinski definition) is 1. The first-order valence-electron chi connectivity index (χ1n) is 7.45. The van der Waals surface area contributed by atoms with Gasteiger partial charge in [0.05, 0.1) is 19.0 Å². The minimum Gasteiger partial charge on any atom is -0.480 e. The van der Waals surface area contributed by atoms with E-state index < -0.39 is 24.0 Å². The van der Waals surface area contributed by atoms with Crippen LogP contribution in [-0.2, 0) is 9.59 Å². The zero-order valence-electron chi connectivity index (χ0n) is 12.9. The summed E-state index contributed by atoms with van der Waals surface area (Å²) in [7, 11) is 0. The SMILES string of the molecule is CC[C@@H](C)N(CC(=O)O)CC(=O)N1CCC[C@@H](C(F)(F)F)C1. The average Bonchev–Trinajstić information content (AvgIpc) is 2.44. The van der Waals surface area contributed by atoms with Crippen LogP contribution in [0.4, 0.5) is 13.2 Å². The highest BCUT2D eigenvalue weighted by Gasteiger charge is 2.42. The summed E-state index contributed by atoms with van der Waals surface area (Å²) >= 11 is 0. The van der Waals surface area contributed by atoms with Gasteiger partial charge >= 0.3 is 12.1 Å². The second-order valence-corrected chi connectivity index (χ2v) is 5.78.